The van der Waals surface area contributed by atoms with Crippen LogP contribution in [-0.4, -0.2) is 16.2 Å². The number of allylic oxidation sites excluding steroid dienone is 1. The molecule has 19 heavy (non-hydrogen) atoms. The highest BCUT2D eigenvalue weighted by atomic mass is 15.3. The average molecular weight is 252 g/mol. The monoisotopic (exact) mass is 252 g/mol. The van der Waals surface area contributed by atoms with Gasteiger partial charge in [-0.2, -0.15) is 5.10 Å². The lowest BCUT2D eigenvalue weighted by atomic mass is 10.2. The molecule has 4 nitrogen and oxygen atoms in total. The van der Waals surface area contributed by atoms with Gasteiger partial charge in [0, 0.05) is 17.6 Å². The van der Waals surface area contributed by atoms with Crippen molar-refractivity contribution in [2.45, 2.75) is 13.8 Å². The van der Waals surface area contributed by atoms with Gasteiger partial charge in [0.15, 0.2) is 0 Å². The Bertz CT molecular complexity index is 568. The third kappa shape index (κ3) is 4.35. The van der Waals surface area contributed by atoms with Crippen molar-refractivity contribution in [2.75, 3.05) is 5.43 Å². The largest absolute Gasteiger partial charge is 0.245 e. The SMILES string of the molecule is Cc1cc(C)nc(NN=C/C=C/c2ccccc2)n1. The van der Waals surface area contributed by atoms with Crippen LogP contribution >= 0.6 is 0 Å². The lowest BCUT2D eigenvalue weighted by molar-refractivity contribution is 1.04. The fourth-order valence-electron chi connectivity index (χ4n) is 1.63. The molecule has 0 saturated carbocycles. The molecule has 0 aliphatic heterocycles. The van der Waals surface area contributed by atoms with Crippen molar-refractivity contribution in [1.82, 2.24) is 9.97 Å². The highest BCUT2D eigenvalue weighted by Crippen LogP contribution is 2.03. The van der Waals surface area contributed by atoms with Crippen LogP contribution in [0.4, 0.5) is 5.95 Å². The summed E-state index contributed by atoms with van der Waals surface area (Å²) >= 11 is 0. The number of benzene rings is 1. The Hall–Kier alpha value is -2.49. The molecule has 0 bridgehead atoms. The predicted octanol–water partition coefficient (Wildman–Crippen LogP) is 3.20. The first-order valence-corrected chi connectivity index (χ1v) is 6.07. The molecule has 0 saturated heterocycles. The predicted molar refractivity (Wildman–Crippen MR) is 79.1 cm³/mol. The van der Waals surface area contributed by atoms with Gasteiger partial charge >= 0.3 is 0 Å². The minimum absolute atomic E-state index is 0.516. The molecule has 96 valence electrons. The fourth-order valence-corrected chi connectivity index (χ4v) is 1.63. The van der Waals surface area contributed by atoms with Gasteiger partial charge in [-0.05, 0) is 31.6 Å². The molecule has 1 N–H and O–H groups in total. The Morgan fingerprint density at radius 2 is 1.74 bits per heavy atom. The zero-order chi connectivity index (χ0) is 13.5. The number of rotatable bonds is 4. The van der Waals surface area contributed by atoms with Gasteiger partial charge in [-0.25, -0.2) is 15.4 Å². The van der Waals surface area contributed by atoms with Gasteiger partial charge in [-0.3, -0.25) is 0 Å². The summed E-state index contributed by atoms with van der Waals surface area (Å²) in [5.74, 6) is 0.516. The Morgan fingerprint density at radius 1 is 1.05 bits per heavy atom. The summed E-state index contributed by atoms with van der Waals surface area (Å²) in [6.45, 7) is 3.86. The summed E-state index contributed by atoms with van der Waals surface area (Å²) < 4.78 is 0. The van der Waals surface area contributed by atoms with Gasteiger partial charge in [0.1, 0.15) is 0 Å². The van der Waals surface area contributed by atoms with Crippen LogP contribution in [0.1, 0.15) is 17.0 Å². The quantitative estimate of drug-likeness (QED) is 0.671. The maximum absolute atomic E-state index is 4.23. The average Bonchev–Trinajstić information content (AvgIpc) is 2.38. The van der Waals surface area contributed by atoms with Crippen LogP contribution < -0.4 is 5.43 Å². The summed E-state index contributed by atoms with van der Waals surface area (Å²) in [4.78, 5) is 8.46. The van der Waals surface area contributed by atoms with Gasteiger partial charge in [0.05, 0.1) is 0 Å². The highest BCUT2D eigenvalue weighted by Gasteiger charge is 1.95. The molecule has 1 aromatic carbocycles. The first-order chi connectivity index (χ1) is 9.24. The minimum Gasteiger partial charge on any atom is -0.245 e. The number of hydrogen-bond donors (Lipinski definition) is 1. The molecular weight excluding hydrogens is 236 g/mol. The van der Waals surface area contributed by atoms with E-state index in [9.17, 15) is 0 Å². The molecule has 0 aliphatic carbocycles. The van der Waals surface area contributed by atoms with Crippen LogP contribution in [0, 0.1) is 13.8 Å². The zero-order valence-corrected chi connectivity index (χ0v) is 11.0. The lowest BCUT2D eigenvalue weighted by Gasteiger charge is -2.00. The summed E-state index contributed by atoms with van der Waals surface area (Å²) in [5, 5.41) is 4.05. The molecule has 2 aromatic rings. The number of nitrogens with one attached hydrogen (secondary N) is 1. The Kier molecular flexibility index (Phi) is 4.39. The van der Waals surface area contributed by atoms with E-state index in [0.717, 1.165) is 17.0 Å². The second-order valence-corrected chi connectivity index (χ2v) is 4.13. The molecule has 0 radical (unpaired) electrons. The molecule has 0 spiro atoms. The normalized spacial score (nSPS) is 11.3. The Morgan fingerprint density at radius 3 is 2.42 bits per heavy atom. The van der Waals surface area contributed by atoms with Crippen LogP contribution in [0.5, 0.6) is 0 Å². The van der Waals surface area contributed by atoms with Crippen molar-refractivity contribution in [3.05, 3.63) is 59.4 Å². The van der Waals surface area contributed by atoms with Gasteiger partial charge in [0.2, 0.25) is 5.95 Å². The summed E-state index contributed by atoms with van der Waals surface area (Å²) in [6, 6.07) is 12.0. The van der Waals surface area contributed by atoms with Crippen molar-refractivity contribution in [3.8, 4) is 0 Å². The molecule has 4 heteroatoms. The van der Waals surface area contributed by atoms with E-state index in [-0.39, 0.29) is 0 Å². The molecule has 0 aliphatic rings. The van der Waals surface area contributed by atoms with Gasteiger partial charge in [0.25, 0.3) is 0 Å². The van der Waals surface area contributed by atoms with Gasteiger partial charge in [-0.1, -0.05) is 36.4 Å². The molecule has 2 rings (SSSR count). The van der Waals surface area contributed by atoms with E-state index in [4.69, 9.17) is 0 Å². The third-order valence-corrected chi connectivity index (χ3v) is 2.40. The van der Waals surface area contributed by atoms with Crippen molar-refractivity contribution in [3.63, 3.8) is 0 Å². The number of hydrazone groups is 1. The zero-order valence-electron chi connectivity index (χ0n) is 11.0. The van der Waals surface area contributed by atoms with Crippen molar-refractivity contribution in [1.29, 1.82) is 0 Å². The van der Waals surface area contributed by atoms with Crippen molar-refractivity contribution < 1.29 is 0 Å². The van der Waals surface area contributed by atoms with E-state index in [1.165, 1.54) is 0 Å². The van der Waals surface area contributed by atoms with E-state index >= 15 is 0 Å². The standard InChI is InChI=1S/C15H16N4/c1-12-11-13(2)18-15(17-12)19-16-10-6-9-14-7-4-3-5-8-14/h3-11H,1-2H3,(H,17,18,19)/b9-6+,16-10?. The molecular formula is C15H16N4. The highest BCUT2D eigenvalue weighted by molar-refractivity contribution is 5.78. The number of aryl methyl sites for hydroxylation is 2. The van der Waals surface area contributed by atoms with Gasteiger partial charge in [-0.15, -0.1) is 0 Å². The van der Waals surface area contributed by atoms with E-state index < -0.39 is 0 Å². The van der Waals surface area contributed by atoms with Crippen molar-refractivity contribution in [2.24, 2.45) is 5.10 Å². The first kappa shape index (κ1) is 13.0. The minimum atomic E-state index is 0.516. The van der Waals surface area contributed by atoms with Gasteiger partial charge < -0.3 is 0 Å². The molecule has 1 heterocycles. The molecule has 0 atom stereocenters. The summed E-state index contributed by atoms with van der Waals surface area (Å²) in [6.07, 6.45) is 5.52. The van der Waals surface area contributed by atoms with Crippen LogP contribution in [-0.2, 0) is 0 Å². The van der Waals surface area contributed by atoms with Crippen LogP contribution in [0.15, 0.2) is 47.6 Å². The number of nitrogens with zero attached hydrogens (tertiary/aromatic N) is 3. The van der Waals surface area contributed by atoms with E-state index in [0.29, 0.717) is 5.95 Å². The Labute approximate surface area is 112 Å². The lowest BCUT2D eigenvalue weighted by Crippen LogP contribution is -1.98. The van der Waals surface area contributed by atoms with Crippen LogP contribution in [0.2, 0.25) is 0 Å². The second-order valence-electron chi connectivity index (χ2n) is 4.13. The first-order valence-electron chi connectivity index (χ1n) is 6.07. The number of aromatic nitrogens is 2. The molecule has 1 aromatic heterocycles. The van der Waals surface area contributed by atoms with E-state index in [2.05, 4.69) is 20.5 Å². The number of hydrogen-bond acceptors (Lipinski definition) is 4. The molecule has 0 amide bonds. The van der Waals surface area contributed by atoms with Crippen LogP contribution in [0.25, 0.3) is 6.08 Å². The maximum atomic E-state index is 4.23. The van der Waals surface area contributed by atoms with E-state index in [1.807, 2.05) is 62.4 Å². The fraction of sp³-hybridized carbons (Fsp3) is 0.133. The number of anilines is 1. The smallest absolute Gasteiger partial charge is 0.243 e. The maximum Gasteiger partial charge on any atom is 0.243 e. The molecule has 0 unspecified atom stereocenters. The third-order valence-electron chi connectivity index (χ3n) is 2.40. The van der Waals surface area contributed by atoms with Crippen molar-refractivity contribution >= 4 is 18.2 Å². The Balaban J connectivity index is 1.92. The summed E-state index contributed by atoms with van der Waals surface area (Å²) in [7, 11) is 0. The van der Waals surface area contributed by atoms with Crippen LogP contribution in [0.3, 0.4) is 0 Å². The second kappa shape index (κ2) is 6.44. The summed E-state index contributed by atoms with van der Waals surface area (Å²) in [5.41, 5.74) is 5.79. The topological polar surface area (TPSA) is 50.2 Å². The molecule has 0 fully saturated rings. The van der Waals surface area contributed by atoms with E-state index in [1.54, 1.807) is 6.21 Å².